The molecule has 0 unspecified atom stereocenters. The van der Waals surface area contributed by atoms with Gasteiger partial charge in [-0.25, -0.2) is 9.59 Å². The fourth-order valence-electron chi connectivity index (χ4n) is 7.16. The molecule has 11 nitrogen and oxygen atoms in total. The lowest BCUT2D eigenvalue weighted by molar-refractivity contribution is -0.143. The molecule has 3 fully saturated rings. The molecule has 0 bridgehead atoms. The first-order chi connectivity index (χ1) is 23.0. The molecule has 3 saturated heterocycles. The number of nitrogens with two attached hydrogens (primary N) is 1. The summed E-state index contributed by atoms with van der Waals surface area (Å²) in [7, 11) is 0. The molecule has 4 aliphatic heterocycles. The highest BCUT2D eigenvalue weighted by Gasteiger charge is 2.38. The minimum absolute atomic E-state index is 0.0758. The lowest BCUT2D eigenvalue weighted by atomic mass is 10.0. The molecule has 48 heavy (non-hydrogen) atoms. The number of benzene rings is 1. The number of hydrogen-bond acceptors (Lipinski definition) is 8. The number of piperazine rings is 1. The van der Waals surface area contributed by atoms with E-state index in [1.54, 1.807) is 16.2 Å². The molecule has 5 heterocycles. The van der Waals surface area contributed by atoms with Crippen molar-refractivity contribution < 1.29 is 32.3 Å². The van der Waals surface area contributed by atoms with Gasteiger partial charge in [-0.05, 0) is 73.8 Å². The van der Waals surface area contributed by atoms with Crippen LogP contribution < -0.4 is 16.4 Å². The van der Waals surface area contributed by atoms with Crippen molar-refractivity contribution in [3.05, 3.63) is 44.6 Å². The third-order valence-corrected chi connectivity index (χ3v) is 11.0. The molecule has 16 heteroatoms. The Morgan fingerprint density at radius 3 is 2.38 bits per heavy atom. The monoisotopic (exact) mass is 711 g/mol. The molecule has 1 aromatic heterocycles. The summed E-state index contributed by atoms with van der Waals surface area (Å²) in [6.07, 6.45) is -3.30. The molecular formula is C32H41ClF3N7O4S. The van der Waals surface area contributed by atoms with Crippen molar-refractivity contribution in [1.82, 2.24) is 24.9 Å². The highest BCUT2D eigenvalue weighted by molar-refractivity contribution is 7.08. The van der Waals surface area contributed by atoms with Crippen molar-refractivity contribution in [3.63, 3.8) is 0 Å². The lowest BCUT2D eigenvalue weighted by Crippen LogP contribution is -2.56. The molecule has 1 atom stereocenters. The van der Waals surface area contributed by atoms with Crippen molar-refractivity contribution in [2.24, 2.45) is 0 Å². The maximum atomic E-state index is 13.9. The molecule has 1 aromatic carbocycles. The fraction of sp³-hybridized carbons (Fsp3) is 0.594. The quantitative estimate of drug-likeness (QED) is 0.377. The summed E-state index contributed by atoms with van der Waals surface area (Å²) in [6, 6.07) is 2.34. The van der Waals surface area contributed by atoms with Crippen LogP contribution in [0.5, 0.6) is 0 Å². The number of anilines is 2. The van der Waals surface area contributed by atoms with Gasteiger partial charge in [-0.15, -0.1) is 11.3 Å². The van der Waals surface area contributed by atoms with Crippen LogP contribution in [-0.2, 0) is 28.5 Å². The van der Waals surface area contributed by atoms with E-state index in [0.717, 1.165) is 49.7 Å². The zero-order valence-corrected chi connectivity index (χ0v) is 28.1. The predicted molar refractivity (Wildman–Crippen MR) is 177 cm³/mol. The van der Waals surface area contributed by atoms with Crippen LogP contribution in [-0.4, -0.2) is 115 Å². The van der Waals surface area contributed by atoms with Gasteiger partial charge >= 0.3 is 18.3 Å². The van der Waals surface area contributed by atoms with Gasteiger partial charge in [0.2, 0.25) is 0 Å². The summed E-state index contributed by atoms with van der Waals surface area (Å²) in [5, 5.41) is 10.00. The summed E-state index contributed by atoms with van der Waals surface area (Å²) < 4.78 is 47.1. The molecule has 0 spiro atoms. The Labute approximate surface area is 286 Å². The third kappa shape index (κ3) is 7.79. The molecule has 2 aromatic rings. The molecule has 0 saturated carbocycles. The second kappa shape index (κ2) is 14.7. The van der Waals surface area contributed by atoms with Crippen LogP contribution in [0.2, 0.25) is 5.02 Å². The van der Waals surface area contributed by atoms with Crippen molar-refractivity contribution in [3.8, 4) is 0 Å². The van der Waals surface area contributed by atoms with Crippen molar-refractivity contribution in [2.45, 2.75) is 62.9 Å². The zero-order valence-electron chi connectivity index (χ0n) is 26.6. The number of nitrogens with zero attached hydrogens (tertiary/aromatic N) is 4. The number of alkyl halides is 3. The van der Waals surface area contributed by atoms with Gasteiger partial charge in [-0.1, -0.05) is 11.6 Å². The van der Waals surface area contributed by atoms with E-state index in [9.17, 15) is 27.6 Å². The van der Waals surface area contributed by atoms with E-state index in [4.69, 9.17) is 22.1 Å². The molecule has 4 N–H and O–H groups in total. The Morgan fingerprint density at radius 1 is 0.979 bits per heavy atom. The zero-order chi connectivity index (χ0) is 34.0. The third-order valence-electron chi connectivity index (χ3n) is 9.92. The number of piperidine rings is 2. The van der Waals surface area contributed by atoms with Crippen LogP contribution in [0, 0.1) is 0 Å². The van der Waals surface area contributed by atoms with E-state index >= 15 is 0 Å². The average molecular weight is 712 g/mol. The van der Waals surface area contributed by atoms with E-state index in [0.29, 0.717) is 64.7 Å². The highest BCUT2D eigenvalue weighted by atomic mass is 35.5. The Morgan fingerprint density at radius 2 is 1.69 bits per heavy atom. The maximum Gasteiger partial charge on any atom is 0.418 e. The van der Waals surface area contributed by atoms with Crippen molar-refractivity contribution in [1.29, 1.82) is 0 Å². The van der Waals surface area contributed by atoms with E-state index in [1.165, 1.54) is 11.0 Å². The van der Waals surface area contributed by atoms with Gasteiger partial charge in [0, 0.05) is 69.7 Å². The number of nitrogens with one attached hydrogen (secondary N) is 2. The number of carbonyl (C=O) groups excluding carboxylic acids is 3. The number of fused-ring (bicyclic) bond motifs is 1. The van der Waals surface area contributed by atoms with E-state index in [-0.39, 0.29) is 29.1 Å². The average Bonchev–Trinajstić information content (AvgIpc) is 3.45. The first kappa shape index (κ1) is 34.6. The molecule has 6 rings (SSSR count). The van der Waals surface area contributed by atoms with Gasteiger partial charge < -0.3 is 35.8 Å². The second-order valence-electron chi connectivity index (χ2n) is 12.9. The van der Waals surface area contributed by atoms with Gasteiger partial charge in [0.05, 0.1) is 22.0 Å². The second-order valence-corrected chi connectivity index (χ2v) is 14.0. The standard InChI is InChI=1S/C32H41ClF3N7O4S/c33-25-16-20(15-24(28(25)37)32(34,35)36)17-27(29(44)41-13-11-40(12-14-41)22-1-6-38-7-2-22)47-31(46)42-8-4-23(5-9-42)43-10-3-21-18-48-19-26(21)39-30(43)45/h15-16,18-19,22-23,27,38H,1-14,17,37H2,(H,39,45)/t27-/m1/s1. The number of thiophene rings is 1. The number of rotatable bonds is 6. The largest absolute Gasteiger partial charge is 0.436 e. The number of halogens is 4. The first-order valence-electron chi connectivity index (χ1n) is 16.4. The number of nitrogen functional groups attached to an aromatic ring is 1. The Hall–Kier alpha value is -3.27. The van der Waals surface area contributed by atoms with Gasteiger partial charge in [-0.2, -0.15) is 13.2 Å². The summed E-state index contributed by atoms with van der Waals surface area (Å²) in [5.41, 5.74) is 5.96. The number of hydrogen-bond donors (Lipinski definition) is 3. The minimum Gasteiger partial charge on any atom is -0.436 e. The minimum atomic E-state index is -4.76. The van der Waals surface area contributed by atoms with Crippen LogP contribution in [0.15, 0.2) is 22.9 Å². The lowest BCUT2D eigenvalue weighted by Gasteiger charge is -2.41. The normalized spacial score (nSPS) is 21.0. The van der Waals surface area contributed by atoms with Crippen molar-refractivity contribution in [2.75, 3.05) is 70.0 Å². The Balaban J connectivity index is 1.12. The number of carbonyl (C=O) groups is 3. The summed E-state index contributed by atoms with van der Waals surface area (Å²) >= 11 is 7.64. The summed E-state index contributed by atoms with van der Waals surface area (Å²) in [6.45, 7) is 5.23. The van der Waals surface area contributed by atoms with Gasteiger partial charge in [-0.3, -0.25) is 9.69 Å². The molecule has 0 radical (unpaired) electrons. The van der Waals surface area contributed by atoms with E-state index in [2.05, 4.69) is 15.5 Å². The molecule has 4 aliphatic rings. The van der Waals surface area contributed by atoms with Crippen molar-refractivity contribution >= 4 is 52.3 Å². The number of amides is 4. The Bertz CT molecular complexity index is 1490. The number of ether oxygens (including phenoxy) is 1. The smallest absolute Gasteiger partial charge is 0.418 e. The van der Waals surface area contributed by atoms with Crippen LogP contribution in [0.4, 0.5) is 34.1 Å². The van der Waals surface area contributed by atoms with Gasteiger partial charge in [0.25, 0.3) is 5.91 Å². The topological polar surface area (TPSA) is 123 Å². The van der Waals surface area contributed by atoms with Crippen LogP contribution >= 0.6 is 22.9 Å². The molecule has 262 valence electrons. The first-order valence-corrected chi connectivity index (χ1v) is 17.8. The SMILES string of the molecule is Nc1c(Cl)cc(C[C@@H](OC(=O)N2CCC(N3CCc4cscc4NC3=O)CC2)C(=O)N2CCN(C3CCNCC3)CC2)cc1C(F)(F)F. The number of urea groups is 1. The fourth-order valence-corrected chi connectivity index (χ4v) is 8.23. The number of likely N-dealkylation sites (tertiary alicyclic amines) is 1. The van der Waals surface area contributed by atoms with E-state index in [1.807, 2.05) is 15.7 Å². The highest BCUT2D eigenvalue weighted by Crippen LogP contribution is 2.38. The maximum absolute atomic E-state index is 13.9. The summed E-state index contributed by atoms with van der Waals surface area (Å²) in [5.74, 6) is -0.460. The molecular weight excluding hydrogens is 671 g/mol. The summed E-state index contributed by atoms with van der Waals surface area (Å²) in [4.78, 5) is 47.7. The Kier molecular flexibility index (Phi) is 10.6. The molecule has 4 amide bonds. The van der Waals surface area contributed by atoms with E-state index < -0.39 is 35.5 Å². The van der Waals surface area contributed by atoms with Crippen LogP contribution in [0.1, 0.15) is 42.4 Å². The van der Waals surface area contributed by atoms with Crippen LogP contribution in [0.25, 0.3) is 0 Å². The van der Waals surface area contributed by atoms with Gasteiger partial charge in [0.1, 0.15) is 0 Å². The van der Waals surface area contributed by atoms with Gasteiger partial charge in [0.15, 0.2) is 6.10 Å². The predicted octanol–water partition coefficient (Wildman–Crippen LogP) is 4.50. The van der Waals surface area contributed by atoms with Crippen LogP contribution in [0.3, 0.4) is 0 Å². The molecule has 0 aliphatic carbocycles.